The van der Waals surface area contributed by atoms with E-state index in [1.54, 1.807) is 6.07 Å². The molecule has 0 amide bonds. The monoisotopic (exact) mass is 821 g/mol. The van der Waals surface area contributed by atoms with Gasteiger partial charge in [0.25, 0.3) is 0 Å². The van der Waals surface area contributed by atoms with Crippen LogP contribution in [0.5, 0.6) is 5.75 Å². The van der Waals surface area contributed by atoms with Gasteiger partial charge in [0, 0.05) is 38.4 Å². The summed E-state index contributed by atoms with van der Waals surface area (Å²) in [5.41, 5.74) is 7.39. The molecule has 6 nitrogen and oxygen atoms in total. The summed E-state index contributed by atoms with van der Waals surface area (Å²) in [6.45, 7) is 0. The molecule has 0 fully saturated rings. The molecular formula is C51H24B9N5O. The zero-order chi connectivity index (χ0) is 45.7. The van der Waals surface area contributed by atoms with Gasteiger partial charge in [-0.2, -0.15) is 9.97 Å². The standard InChI is InChI=1S/C51H24B9N5O/c52-37-35(38(53)42(57)44(59)41(37)56)26-21-27(36-39(54)43(58)45(60)48(66)40(36)55)23-28(22-26)64-33-17-9-7-15-29(33)31-19-20-32-30-16-8-10-18-34(30)65(47(32)46(31)64)51-62-49(24-11-3-1-4-12-24)61-50(63-51)25-13-5-2-6-14-25/h1-23,66H. The van der Waals surface area contributed by atoms with Crippen LogP contribution in [-0.2, 0) is 0 Å². The zero-order valence-corrected chi connectivity index (χ0v) is 35.2. The van der Waals surface area contributed by atoms with Crippen LogP contribution in [0.4, 0.5) is 0 Å². The fourth-order valence-corrected chi connectivity index (χ4v) is 9.19. The Morgan fingerprint density at radius 2 is 0.758 bits per heavy atom. The molecule has 1 N–H and O–H groups in total. The predicted octanol–water partition coefficient (Wildman–Crippen LogP) is 1.58. The first kappa shape index (κ1) is 41.5. The van der Waals surface area contributed by atoms with E-state index in [0.717, 1.165) is 54.7 Å². The second kappa shape index (κ2) is 15.7. The lowest BCUT2D eigenvalue weighted by Crippen LogP contribution is -2.55. The van der Waals surface area contributed by atoms with Crippen molar-refractivity contribution in [3.05, 3.63) is 140 Å². The molecule has 0 spiro atoms. The molecule has 11 rings (SSSR count). The highest BCUT2D eigenvalue weighted by molar-refractivity contribution is 6.69. The third-order valence-corrected chi connectivity index (χ3v) is 12.4. The normalized spacial score (nSPS) is 11.6. The number of fused-ring (bicyclic) bond motifs is 7. The van der Waals surface area contributed by atoms with Gasteiger partial charge in [-0.1, -0.05) is 131 Å². The molecule has 0 saturated heterocycles. The molecule has 18 radical (unpaired) electrons. The number of phenols is 1. The van der Waals surface area contributed by atoms with E-state index in [1.165, 1.54) is 0 Å². The van der Waals surface area contributed by atoms with E-state index in [0.29, 0.717) is 40.0 Å². The average Bonchev–Trinajstić information content (AvgIpc) is 3.88. The molecule has 66 heavy (non-hydrogen) atoms. The molecule has 8 aromatic carbocycles. The van der Waals surface area contributed by atoms with Gasteiger partial charge in [-0.05, 0) is 58.0 Å². The van der Waals surface area contributed by atoms with Crippen molar-refractivity contribution < 1.29 is 5.11 Å². The Kier molecular flexibility index (Phi) is 9.88. The molecule has 0 atom stereocenters. The van der Waals surface area contributed by atoms with E-state index in [4.69, 9.17) is 85.6 Å². The topological polar surface area (TPSA) is 68.8 Å². The van der Waals surface area contributed by atoms with E-state index >= 15 is 0 Å². The number of benzene rings is 8. The summed E-state index contributed by atoms with van der Waals surface area (Å²) in [4.78, 5) is 15.5. The molecule has 0 bridgehead atoms. The Morgan fingerprint density at radius 1 is 0.348 bits per heavy atom. The van der Waals surface area contributed by atoms with Crippen molar-refractivity contribution in [2.24, 2.45) is 0 Å². The van der Waals surface area contributed by atoms with Crippen LogP contribution in [0.25, 0.3) is 100 Å². The Bertz CT molecular complexity index is 3630. The van der Waals surface area contributed by atoms with Crippen LogP contribution in [0.2, 0.25) is 0 Å². The number of hydrogen-bond acceptors (Lipinski definition) is 4. The highest BCUT2D eigenvalue weighted by atomic mass is 16.3. The van der Waals surface area contributed by atoms with Gasteiger partial charge in [-0.25, -0.2) is 4.98 Å². The number of rotatable bonds is 6. The lowest BCUT2D eigenvalue weighted by molar-refractivity contribution is 0.484. The van der Waals surface area contributed by atoms with Crippen molar-refractivity contribution in [2.75, 3.05) is 0 Å². The third kappa shape index (κ3) is 6.27. The number of hydrogen-bond donors (Lipinski definition) is 1. The molecule has 0 saturated carbocycles. The first-order valence-electron chi connectivity index (χ1n) is 20.9. The van der Waals surface area contributed by atoms with Gasteiger partial charge >= 0.3 is 0 Å². The molecule has 15 heteroatoms. The van der Waals surface area contributed by atoms with E-state index in [2.05, 4.69) is 39.5 Å². The van der Waals surface area contributed by atoms with Crippen molar-refractivity contribution in [2.45, 2.75) is 0 Å². The first-order valence-corrected chi connectivity index (χ1v) is 20.9. The van der Waals surface area contributed by atoms with Crippen LogP contribution in [-0.4, -0.2) is 99.8 Å². The lowest BCUT2D eigenvalue weighted by Gasteiger charge is -2.24. The van der Waals surface area contributed by atoms with Crippen LogP contribution >= 0.6 is 0 Å². The molecular weight excluding hydrogens is 796 g/mol. The predicted molar refractivity (Wildman–Crippen MR) is 280 cm³/mol. The molecule has 286 valence electrons. The summed E-state index contributed by atoms with van der Waals surface area (Å²) >= 11 is 0. The molecule has 11 aromatic rings. The summed E-state index contributed by atoms with van der Waals surface area (Å²) in [5.74, 6) is 1.02. The second-order valence-corrected chi connectivity index (χ2v) is 16.2. The van der Waals surface area contributed by atoms with Crippen molar-refractivity contribution in [1.29, 1.82) is 0 Å². The molecule has 3 aromatic heterocycles. The van der Waals surface area contributed by atoms with Gasteiger partial charge in [0.15, 0.2) is 11.6 Å². The Labute approximate surface area is 392 Å². The summed E-state index contributed by atoms with van der Waals surface area (Å²) < 4.78 is 4.25. The van der Waals surface area contributed by atoms with Gasteiger partial charge in [-0.3, -0.25) is 4.57 Å². The SMILES string of the molecule is [B]c1c([B])c([B])c(-c2cc(-c3c([B])c([B])c([B])c(O)c3[B])cc(-n3c4ccccc4c4ccc5c6ccccc6n(-c6nc(-c7ccccc7)nc(-c7ccccc7)n6)c5c43)c2)c([B])c1[B]. The van der Waals surface area contributed by atoms with Gasteiger partial charge in [-0.15, -0.1) is 21.9 Å². The minimum Gasteiger partial charge on any atom is -0.509 e. The lowest BCUT2D eigenvalue weighted by atomic mass is 9.59. The van der Waals surface area contributed by atoms with Gasteiger partial charge < -0.3 is 9.67 Å². The van der Waals surface area contributed by atoms with Crippen LogP contribution in [0.15, 0.2) is 140 Å². The minimum atomic E-state index is -0.408. The van der Waals surface area contributed by atoms with Crippen LogP contribution in [0.1, 0.15) is 0 Å². The molecule has 0 aliphatic carbocycles. The van der Waals surface area contributed by atoms with Gasteiger partial charge in [0.2, 0.25) is 5.95 Å². The number of aromatic hydroxyl groups is 1. The van der Waals surface area contributed by atoms with E-state index in [9.17, 15) is 5.11 Å². The molecule has 3 heterocycles. The summed E-state index contributed by atoms with van der Waals surface area (Å²) in [6.07, 6.45) is 0. The Balaban J connectivity index is 1.32. The molecule has 0 aliphatic heterocycles. The van der Waals surface area contributed by atoms with E-state index < -0.39 is 5.75 Å². The molecule has 0 unspecified atom stereocenters. The number of para-hydroxylation sites is 2. The maximum absolute atomic E-state index is 11.2. The van der Waals surface area contributed by atoms with Crippen molar-refractivity contribution >= 4 is 163 Å². The number of nitrogens with zero attached hydrogens (tertiary/aromatic N) is 5. The highest BCUT2D eigenvalue weighted by Crippen LogP contribution is 2.42. The van der Waals surface area contributed by atoms with E-state index in [1.807, 2.05) is 103 Å². The molecule has 0 aliphatic rings. The quantitative estimate of drug-likeness (QED) is 0.259. The maximum Gasteiger partial charge on any atom is 0.238 e. The Hall–Kier alpha value is -7.25. The first-order chi connectivity index (χ1) is 31.9. The maximum atomic E-state index is 11.2. The fourth-order valence-electron chi connectivity index (χ4n) is 9.19. The highest BCUT2D eigenvalue weighted by Gasteiger charge is 2.25. The van der Waals surface area contributed by atoms with Crippen molar-refractivity contribution in [3.63, 3.8) is 0 Å². The second-order valence-electron chi connectivity index (χ2n) is 16.2. The average molecular weight is 820 g/mol. The zero-order valence-electron chi connectivity index (χ0n) is 35.2. The summed E-state index contributed by atoms with van der Waals surface area (Å²) in [6, 6.07) is 45.8. The summed E-state index contributed by atoms with van der Waals surface area (Å²) in [5, 5.41) is 15.0. The smallest absolute Gasteiger partial charge is 0.238 e. The number of phenolic OH excluding ortho intramolecular Hbond substituents is 1. The summed E-state index contributed by atoms with van der Waals surface area (Å²) in [7, 11) is 58.8. The largest absolute Gasteiger partial charge is 0.509 e. The van der Waals surface area contributed by atoms with Crippen molar-refractivity contribution in [3.8, 4) is 62.4 Å². The van der Waals surface area contributed by atoms with Crippen LogP contribution in [0.3, 0.4) is 0 Å². The van der Waals surface area contributed by atoms with E-state index in [-0.39, 0.29) is 54.7 Å². The van der Waals surface area contributed by atoms with Crippen LogP contribution in [0, 0.1) is 0 Å². The van der Waals surface area contributed by atoms with Crippen LogP contribution < -0.4 is 49.2 Å². The minimum absolute atomic E-state index is 0.0335. The third-order valence-electron chi connectivity index (χ3n) is 12.4. The Morgan fingerprint density at radius 3 is 1.27 bits per heavy atom. The fraction of sp³-hybridized carbons (Fsp3) is 0. The number of aromatic nitrogens is 5. The van der Waals surface area contributed by atoms with Crippen molar-refractivity contribution in [1.82, 2.24) is 24.1 Å². The van der Waals surface area contributed by atoms with Gasteiger partial charge in [0.05, 0.1) is 22.1 Å². The van der Waals surface area contributed by atoms with Gasteiger partial charge in [0.1, 0.15) is 76.4 Å².